The Morgan fingerprint density at radius 3 is 2.14 bits per heavy atom. The van der Waals surface area contributed by atoms with Crippen molar-refractivity contribution in [2.24, 2.45) is 11.8 Å². The van der Waals surface area contributed by atoms with Crippen LogP contribution in [-0.4, -0.2) is 172 Å². The Balaban J connectivity index is 1.31. The molecule has 4 rings (SSSR count). The van der Waals surface area contributed by atoms with Crippen LogP contribution in [0.5, 0.6) is 0 Å². The van der Waals surface area contributed by atoms with Gasteiger partial charge in [0.05, 0.1) is 76.1 Å². The van der Waals surface area contributed by atoms with Crippen LogP contribution in [0, 0.1) is 11.8 Å². The van der Waals surface area contributed by atoms with Gasteiger partial charge in [-0.05, 0) is 48.9 Å². The largest absolute Gasteiger partial charge is 0.379 e. The van der Waals surface area contributed by atoms with Crippen molar-refractivity contribution in [2.45, 2.75) is 103 Å². The van der Waals surface area contributed by atoms with Gasteiger partial charge in [0.25, 0.3) is 11.8 Å². The summed E-state index contributed by atoms with van der Waals surface area (Å²) in [5.74, 6) is -3.19. The first-order chi connectivity index (χ1) is 35.0. The summed E-state index contributed by atoms with van der Waals surface area (Å²) < 4.78 is 22.8. The summed E-state index contributed by atoms with van der Waals surface area (Å²) in [5.41, 5.74) is 2.11. The van der Waals surface area contributed by atoms with E-state index < -0.39 is 54.1 Å². The fourth-order valence-electron chi connectivity index (χ4n) is 8.90. The second-order valence-corrected chi connectivity index (χ2v) is 18.2. The zero-order valence-corrected chi connectivity index (χ0v) is 43.6. The quantitative estimate of drug-likeness (QED) is 0.0652. The Bertz CT molecular complexity index is 2190. The number of ether oxygens (including phenoxy) is 4. The van der Waals surface area contributed by atoms with E-state index >= 15 is 0 Å². The van der Waals surface area contributed by atoms with E-state index in [1.807, 2.05) is 44.2 Å². The second-order valence-electron chi connectivity index (χ2n) is 18.2. The summed E-state index contributed by atoms with van der Waals surface area (Å²) in [6.07, 6.45) is 6.60. The number of urea groups is 1. The topological polar surface area (TPSA) is 235 Å². The molecule has 7 atom stereocenters. The maximum atomic E-state index is 14.3. The van der Waals surface area contributed by atoms with Crippen molar-refractivity contribution in [3.05, 3.63) is 90.2 Å². The molecule has 0 saturated carbocycles. The lowest BCUT2D eigenvalue weighted by atomic mass is 9.90. The van der Waals surface area contributed by atoms with Gasteiger partial charge in [0.2, 0.25) is 29.5 Å². The van der Waals surface area contributed by atoms with E-state index in [0.717, 1.165) is 16.0 Å². The van der Waals surface area contributed by atoms with Crippen LogP contribution in [0.25, 0.3) is 0 Å². The van der Waals surface area contributed by atoms with Crippen LogP contribution in [-0.2, 0) is 65.5 Å². The van der Waals surface area contributed by atoms with E-state index in [1.165, 1.54) is 31.3 Å². The number of amides is 9. The number of rotatable bonds is 30. The Labute approximate surface area is 429 Å². The van der Waals surface area contributed by atoms with Crippen molar-refractivity contribution in [3.63, 3.8) is 0 Å². The number of nitrogens with one attached hydrogen (secondary N) is 4. The Hall–Kier alpha value is -6.48. The van der Waals surface area contributed by atoms with E-state index in [2.05, 4.69) is 21.3 Å². The number of methoxy groups -OCH3 is 2. The lowest BCUT2D eigenvalue weighted by molar-refractivity contribution is -0.145. The highest BCUT2D eigenvalue weighted by Gasteiger charge is 2.42. The fourth-order valence-corrected chi connectivity index (χ4v) is 8.90. The van der Waals surface area contributed by atoms with Gasteiger partial charge in [-0.15, -0.1) is 0 Å². The monoisotopic (exact) mass is 1020 g/mol. The Morgan fingerprint density at radius 1 is 0.836 bits per heavy atom. The number of carbonyl (C=O) groups is 8. The molecule has 0 bridgehead atoms. The zero-order chi connectivity index (χ0) is 53.5. The van der Waals surface area contributed by atoms with Crippen LogP contribution in [0.15, 0.2) is 79.0 Å². The number of likely N-dealkylation sites (tertiary alicyclic amines) is 1. The molecule has 2 heterocycles. The van der Waals surface area contributed by atoms with Gasteiger partial charge in [-0.2, -0.15) is 0 Å². The number of hydrogen-bond acceptors (Lipinski definition) is 12. The van der Waals surface area contributed by atoms with Crippen molar-refractivity contribution < 1.29 is 57.3 Å². The molecule has 6 unspecified atom stereocenters. The van der Waals surface area contributed by atoms with Crippen molar-refractivity contribution in [1.82, 2.24) is 35.6 Å². The first-order valence-corrected chi connectivity index (χ1v) is 25.0. The maximum absolute atomic E-state index is 14.3. The SMILES string of the molecule is CC=CN(C)C(=O)NCC(=O)N(C)C(C(C)CC)C(CC(=O)N1CCCC1C(OC)C(C)C(=O)N[C@@H](Cc1ccccc1)C(=O)Nc1ccc(CNC(=O)CCOCCOCCN2C(=O)C=CC2=O)cc1)OC. The molecule has 1 saturated heterocycles. The molecule has 2 aromatic rings. The minimum absolute atomic E-state index is 0.0353. The zero-order valence-electron chi connectivity index (χ0n) is 43.6. The smallest absolute Gasteiger partial charge is 0.321 e. The van der Waals surface area contributed by atoms with Gasteiger partial charge in [0, 0.05) is 78.3 Å². The van der Waals surface area contributed by atoms with Gasteiger partial charge in [-0.1, -0.05) is 75.7 Å². The van der Waals surface area contributed by atoms with Gasteiger partial charge >= 0.3 is 6.03 Å². The molecule has 1 fully saturated rings. The second kappa shape index (κ2) is 30.5. The maximum Gasteiger partial charge on any atom is 0.321 e. The number of imide groups is 1. The molecule has 2 aliphatic rings. The normalized spacial score (nSPS) is 16.9. The first kappa shape index (κ1) is 59.1. The van der Waals surface area contributed by atoms with Crippen LogP contribution < -0.4 is 21.3 Å². The number of likely N-dealkylation sites (N-methyl/N-ethyl adjacent to an activating group) is 1. The van der Waals surface area contributed by atoms with E-state index in [1.54, 1.807) is 74.3 Å². The molecule has 0 aromatic heterocycles. The highest BCUT2D eigenvalue weighted by Crippen LogP contribution is 2.29. The molecule has 2 aliphatic heterocycles. The van der Waals surface area contributed by atoms with E-state index in [4.69, 9.17) is 18.9 Å². The molecule has 0 radical (unpaired) electrons. The summed E-state index contributed by atoms with van der Waals surface area (Å²) in [7, 11) is 6.26. The molecule has 20 nitrogen and oxygen atoms in total. The van der Waals surface area contributed by atoms with Gasteiger partial charge in [0.15, 0.2) is 0 Å². The van der Waals surface area contributed by atoms with Crippen LogP contribution in [0.4, 0.5) is 10.5 Å². The van der Waals surface area contributed by atoms with Crippen LogP contribution in [0.3, 0.4) is 0 Å². The number of anilines is 1. The number of nitrogens with zero attached hydrogens (tertiary/aromatic N) is 4. The third kappa shape index (κ3) is 18.2. The lowest BCUT2D eigenvalue weighted by Gasteiger charge is -2.39. The fraction of sp³-hybridized carbons (Fsp3) is 0.547. The molecule has 0 spiro atoms. The summed E-state index contributed by atoms with van der Waals surface area (Å²) in [4.78, 5) is 110. The summed E-state index contributed by atoms with van der Waals surface area (Å²) in [6.45, 7) is 8.95. The molecule has 20 heteroatoms. The Kier molecular flexibility index (Phi) is 24.7. The third-order valence-electron chi connectivity index (χ3n) is 13.2. The third-order valence-corrected chi connectivity index (χ3v) is 13.2. The van der Waals surface area contributed by atoms with E-state index in [-0.39, 0.29) is 101 Å². The average molecular weight is 1020 g/mol. The van der Waals surface area contributed by atoms with Crippen LogP contribution in [0.1, 0.15) is 70.9 Å². The standard InChI is InChI=1S/C53H76N8O12/c1-9-25-58(5)53(69)55-35-48(66)59(6)49(36(3)10-2)43(70-7)33-47(65)60-26-14-17-42(60)50(71-8)37(4)51(67)57-41(32-38-15-12-11-13-16-38)52(68)56-40-20-18-39(19-21-40)34-54-44(62)24-28-72-30-31-73-29-27-61-45(63)22-23-46(61)64/h9,11-13,15-16,18-23,25,36-37,41-43,49-50H,10,14,17,24,26-35H2,1-8H3,(H,54,62)(H,55,69)(H,56,68)(H,57,67)/t36?,37?,41-,42?,43?,49?,50?/m0/s1. The lowest BCUT2D eigenvalue weighted by Crippen LogP contribution is -2.55. The molecule has 9 amide bonds. The molecule has 400 valence electrons. The molecule has 4 N–H and O–H groups in total. The van der Waals surface area contributed by atoms with E-state index in [0.29, 0.717) is 31.5 Å². The predicted molar refractivity (Wildman–Crippen MR) is 273 cm³/mol. The number of allylic oxidation sites excluding steroid dienone is 1. The van der Waals surface area contributed by atoms with Crippen molar-refractivity contribution in [1.29, 1.82) is 0 Å². The highest BCUT2D eigenvalue weighted by atomic mass is 16.5. The number of carbonyl (C=O) groups excluding carboxylic acids is 8. The molecule has 73 heavy (non-hydrogen) atoms. The predicted octanol–water partition coefficient (Wildman–Crippen LogP) is 3.41. The Morgan fingerprint density at radius 2 is 1.51 bits per heavy atom. The number of hydrogen-bond donors (Lipinski definition) is 4. The summed E-state index contributed by atoms with van der Waals surface area (Å²) >= 11 is 0. The van der Waals surface area contributed by atoms with Gasteiger partial charge in [-0.25, -0.2) is 4.79 Å². The van der Waals surface area contributed by atoms with Crippen molar-refractivity contribution >= 4 is 53.1 Å². The number of benzene rings is 2. The van der Waals surface area contributed by atoms with Gasteiger partial charge < -0.3 is 54.9 Å². The molecule has 0 aliphatic carbocycles. The van der Waals surface area contributed by atoms with E-state index in [9.17, 15) is 38.4 Å². The highest BCUT2D eigenvalue weighted by molar-refractivity contribution is 6.12. The van der Waals surface area contributed by atoms with Gasteiger partial charge in [-0.3, -0.25) is 38.5 Å². The summed E-state index contributed by atoms with van der Waals surface area (Å²) in [5, 5.41) is 11.4. The van der Waals surface area contributed by atoms with Gasteiger partial charge in [0.1, 0.15) is 6.04 Å². The first-order valence-electron chi connectivity index (χ1n) is 25.0. The summed E-state index contributed by atoms with van der Waals surface area (Å²) in [6, 6.07) is 14.0. The molecule has 2 aromatic carbocycles. The molecular formula is C53H76N8O12. The minimum atomic E-state index is -0.977. The average Bonchev–Trinajstić information content (AvgIpc) is 4.00. The minimum Gasteiger partial charge on any atom is -0.379 e. The van der Waals surface area contributed by atoms with Crippen LogP contribution >= 0.6 is 0 Å². The van der Waals surface area contributed by atoms with Crippen molar-refractivity contribution in [3.8, 4) is 0 Å². The molecular weight excluding hydrogens is 941 g/mol. The van der Waals surface area contributed by atoms with Crippen molar-refractivity contribution in [2.75, 3.05) is 79.7 Å². The van der Waals surface area contributed by atoms with Crippen LogP contribution in [0.2, 0.25) is 0 Å².